The lowest BCUT2D eigenvalue weighted by Crippen LogP contribution is -2.40. The van der Waals surface area contributed by atoms with Crippen molar-refractivity contribution in [1.29, 1.82) is 0 Å². The van der Waals surface area contributed by atoms with Gasteiger partial charge in [-0.15, -0.1) is 13.2 Å². The van der Waals surface area contributed by atoms with Gasteiger partial charge in [-0.1, -0.05) is 72.8 Å². The zero-order chi connectivity index (χ0) is 28.7. The van der Waals surface area contributed by atoms with Crippen LogP contribution in [0.4, 0.5) is 18.4 Å². The average molecular weight is 555 g/mol. The van der Waals surface area contributed by atoms with E-state index < -0.39 is 12.3 Å². The fourth-order valence-electron chi connectivity index (χ4n) is 4.81. The summed E-state index contributed by atoms with van der Waals surface area (Å²) in [4.78, 5) is 27.1. The van der Waals surface area contributed by atoms with E-state index in [9.17, 15) is 18.4 Å². The summed E-state index contributed by atoms with van der Waals surface area (Å²) in [6, 6.07) is 19.1. The third kappa shape index (κ3) is 9.81. The van der Waals surface area contributed by atoms with Crippen molar-refractivity contribution in [1.82, 2.24) is 9.80 Å². The number of carbonyl (C=O) groups is 2. The standard InChI is InChI=1S/2C16H20FNO2/c2*1-2-15(17)14-8-10-18(11-9-14)16(19)20-12-13-6-4-3-5-7-13/h2*2-7,14-15H,1,8-12H2/t2*15-/m00/s1. The van der Waals surface area contributed by atoms with Crippen molar-refractivity contribution in [3.8, 4) is 0 Å². The summed E-state index contributed by atoms with van der Waals surface area (Å²) in [6.45, 7) is 9.69. The monoisotopic (exact) mass is 554 g/mol. The van der Waals surface area contributed by atoms with E-state index in [0.29, 0.717) is 51.9 Å². The van der Waals surface area contributed by atoms with Crippen molar-refractivity contribution in [2.24, 2.45) is 11.8 Å². The molecule has 8 heteroatoms. The van der Waals surface area contributed by atoms with E-state index in [4.69, 9.17) is 9.47 Å². The lowest BCUT2D eigenvalue weighted by molar-refractivity contribution is 0.0745. The Labute approximate surface area is 236 Å². The SMILES string of the molecule is C=C[C@H](F)C1CCN(C(=O)OCc2ccccc2)CC1.C=C[C@H](F)C1CCN(C(=O)OCc2ccccc2)CC1. The molecule has 6 nitrogen and oxygen atoms in total. The molecule has 40 heavy (non-hydrogen) atoms. The molecule has 216 valence electrons. The number of hydrogen-bond donors (Lipinski definition) is 0. The number of rotatable bonds is 8. The van der Waals surface area contributed by atoms with Gasteiger partial charge < -0.3 is 19.3 Å². The largest absolute Gasteiger partial charge is 0.445 e. The second-order valence-corrected chi connectivity index (χ2v) is 10.1. The van der Waals surface area contributed by atoms with Gasteiger partial charge in [-0.05, 0) is 48.6 Å². The van der Waals surface area contributed by atoms with Crippen LogP contribution in [0, 0.1) is 11.8 Å². The molecular formula is C32H40F2N2O4. The molecule has 2 aromatic carbocycles. The zero-order valence-corrected chi connectivity index (χ0v) is 23.0. The highest BCUT2D eigenvalue weighted by atomic mass is 19.1. The minimum Gasteiger partial charge on any atom is -0.445 e. The number of carbonyl (C=O) groups excluding carboxylic acids is 2. The fraction of sp³-hybridized carbons (Fsp3) is 0.438. The van der Waals surface area contributed by atoms with E-state index in [1.54, 1.807) is 9.80 Å². The summed E-state index contributed by atoms with van der Waals surface area (Å²) in [7, 11) is 0. The molecule has 2 aliphatic rings. The third-order valence-electron chi connectivity index (χ3n) is 7.36. The summed E-state index contributed by atoms with van der Waals surface area (Å²) < 4.78 is 37.5. The first kappa shape index (κ1) is 30.9. The van der Waals surface area contributed by atoms with Crippen LogP contribution in [-0.2, 0) is 22.7 Å². The number of amides is 2. The Morgan fingerprint density at radius 1 is 0.700 bits per heavy atom. The molecule has 0 bridgehead atoms. The van der Waals surface area contributed by atoms with Crippen LogP contribution in [0.2, 0.25) is 0 Å². The van der Waals surface area contributed by atoms with Crippen molar-refractivity contribution in [3.63, 3.8) is 0 Å². The van der Waals surface area contributed by atoms with Crippen molar-refractivity contribution in [3.05, 3.63) is 97.1 Å². The minimum atomic E-state index is -0.975. The van der Waals surface area contributed by atoms with Crippen LogP contribution in [0.15, 0.2) is 86.0 Å². The highest BCUT2D eigenvalue weighted by Crippen LogP contribution is 2.25. The van der Waals surface area contributed by atoms with Gasteiger partial charge >= 0.3 is 12.2 Å². The molecule has 2 fully saturated rings. The maximum absolute atomic E-state index is 13.5. The van der Waals surface area contributed by atoms with Crippen LogP contribution in [-0.4, -0.2) is 60.5 Å². The van der Waals surface area contributed by atoms with E-state index in [1.165, 1.54) is 12.2 Å². The molecule has 2 heterocycles. The number of hydrogen-bond acceptors (Lipinski definition) is 4. The molecule has 0 spiro atoms. The number of nitrogens with zero attached hydrogens (tertiary/aromatic N) is 2. The molecule has 2 atom stereocenters. The topological polar surface area (TPSA) is 59.1 Å². The molecule has 2 aliphatic heterocycles. The quantitative estimate of drug-likeness (QED) is 0.326. The van der Waals surface area contributed by atoms with E-state index in [2.05, 4.69) is 13.2 Å². The Balaban J connectivity index is 0.000000220. The molecule has 2 amide bonds. The number of alkyl halides is 2. The number of ether oxygens (including phenoxy) is 2. The van der Waals surface area contributed by atoms with Gasteiger partial charge in [0.1, 0.15) is 25.6 Å². The first-order valence-electron chi connectivity index (χ1n) is 13.9. The molecule has 0 aliphatic carbocycles. The highest BCUT2D eigenvalue weighted by molar-refractivity contribution is 5.68. The number of halogens is 2. The van der Waals surface area contributed by atoms with Gasteiger partial charge in [0, 0.05) is 26.2 Å². The number of allylic oxidation sites excluding steroid dienone is 2. The molecule has 0 unspecified atom stereocenters. The van der Waals surface area contributed by atoms with Gasteiger partial charge in [-0.3, -0.25) is 0 Å². The minimum absolute atomic E-state index is 0.0225. The Kier molecular flexibility index (Phi) is 12.7. The summed E-state index contributed by atoms with van der Waals surface area (Å²) in [5.74, 6) is -0.0450. The van der Waals surface area contributed by atoms with Gasteiger partial charge in [0.05, 0.1) is 0 Å². The van der Waals surface area contributed by atoms with E-state index in [1.807, 2.05) is 60.7 Å². The fourth-order valence-corrected chi connectivity index (χ4v) is 4.81. The van der Waals surface area contributed by atoms with Crippen molar-refractivity contribution in [2.45, 2.75) is 51.2 Å². The summed E-state index contributed by atoms with van der Waals surface area (Å²) in [6.07, 6.45) is 2.74. The van der Waals surface area contributed by atoms with Gasteiger partial charge in [0.25, 0.3) is 0 Å². The summed E-state index contributed by atoms with van der Waals surface area (Å²) in [5, 5.41) is 0. The van der Waals surface area contributed by atoms with E-state index >= 15 is 0 Å². The average Bonchev–Trinajstić information content (AvgIpc) is 3.03. The Bertz CT molecular complexity index is 968. The lowest BCUT2D eigenvalue weighted by Gasteiger charge is -2.32. The maximum atomic E-state index is 13.5. The van der Waals surface area contributed by atoms with Crippen molar-refractivity contribution >= 4 is 12.2 Å². The van der Waals surface area contributed by atoms with Crippen LogP contribution in [0.3, 0.4) is 0 Å². The number of piperidine rings is 2. The normalized spacial score (nSPS) is 17.6. The first-order valence-corrected chi connectivity index (χ1v) is 13.9. The number of benzene rings is 2. The summed E-state index contributed by atoms with van der Waals surface area (Å²) >= 11 is 0. The van der Waals surface area contributed by atoms with Crippen molar-refractivity contribution in [2.75, 3.05) is 26.2 Å². The first-order chi connectivity index (χ1) is 19.4. The Hall–Kier alpha value is -3.68. The Morgan fingerprint density at radius 3 is 1.32 bits per heavy atom. The molecular weight excluding hydrogens is 514 g/mol. The molecule has 2 saturated heterocycles. The Morgan fingerprint density at radius 2 is 1.02 bits per heavy atom. The van der Waals surface area contributed by atoms with Crippen LogP contribution >= 0.6 is 0 Å². The van der Waals surface area contributed by atoms with E-state index in [0.717, 1.165) is 11.1 Å². The zero-order valence-electron chi connectivity index (χ0n) is 23.0. The predicted octanol–water partition coefficient (Wildman–Crippen LogP) is 7.12. The molecule has 0 aromatic heterocycles. The maximum Gasteiger partial charge on any atom is 0.410 e. The van der Waals surface area contributed by atoms with Gasteiger partial charge in [-0.2, -0.15) is 0 Å². The predicted molar refractivity (Wildman–Crippen MR) is 152 cm³/mol. The van der Waals surface area contributed by atoms with Gasteiger partial charge in [-0.25, -0.2) is 18.4 Å². The molecule has 4 rings (SSSR count). The van der Waals surface area contributed by atoms with Gasteiger partial charge in [0.15, 0.2) is 0 Å². The smallest absolute Gasteiger partial charge is 0.410 e. The molecule has 0 saturated carbocycles. The molecule has 0 N–H and O–H groups in total. The lowest BCUT2D eigenvalue weighted by atomic mass is 9.92. The molecule has 0 radical (unpaired) electrons. The van der Waals surface area contributed by atoms with Gasteiger partial charge in [0.2, 0.25) is 0 Å². The van der Waals surface area contributed by atoms with E-state index in [-0.39, 0.29) is 37.2 Å². The van der Waals surface area contributed by atoms with Crippen LogP contribution in [0.1, 0.15) is 36.8 Å². The van der Waals surface area contributed by atoms with Crippen molar-refractivity contribution < 1.29 is 27.8 Å². The van der Waals surface area contributed by atoms with Crippen LogP contribution in [0.25, 0.3) is 0 Å². The third-order valence-corrected chi connectivity index (χ3v) is 7.36. The second kappa shape index (κ2) is 16.4. The van der Waals surface area contributed by atoms with Crippen LogP contribution < -0.4 is 0 Å². The second-order valence-electron chi connectivity index (χ2n) is 10.1. The van der Waals surface area contributed by atoms with Crippen LogP contribution in [0.5, 0.6) is 0 Å². The molecule has 2 aromatic rings. The summed E-state index contributed by atoms with van der Waals surface area (Å²) in [5.41, 5.74) is 1.93. The number of likely N-dealkylation sites (tertiary alicyclic amines) is 2. The highest BCUT2D eigenvalue weighted by Gasteiger charge is 2.28.